The summed E-state index contributed by atoms with van der Waals surface area (Å²) in [7, 11) is 0. The Labute approximate surface area is 130 Å². The Morgan fingerprint density at radius 1 is 1.38 bits per heavy atom. The van der Waals surface area contributed by atoms with E-state index in [1.807, 2.05) is 6.92 Å². The van der Waals surface area contributed by atoms with E-state index in [1.165, 1.54) is 0 Å². The minimum Gasteiger partial charge on any atom is -0.508 e. The number of phenols is 1. The molecule has 0 spiro atoms. The molecule has 1 aliphatic heterocycles. The van der Waals surface area contributed by atoms with Crippen LogP contribution in [0.3, 0.4) is 0 Å². The van der Waals surface area contributed by atoms with Crippen LogP contribution in [-0.2, 0) is 4.74 Å². The molecule has 1 fully saturated rings. The van der Waals surface area contributed by atoms with Gasteiger partial charge in [-0.1, -0.05) is 11.6 Å². The van der Waals surface area contributed by atoms with Gasteiger partial charge >= 0.3 is 6.09 Å². The summed E-state index contributed by atoms with van der Waals surface area (Å²) in [6.07, 6.45) is -0.254. The summed E-state index contributed by atoms with van der Waals surface area (Å²) in [5.41, 5.74) is 0.812. The Bertz CT molecular complexity index is 502. The molecule has 1 saturated heterocycles. The van der Waals surface area contributed by atoms with Crippen LogP contribution in [-0.4, -0.2) is 53.8 Å². The highest BCUT2D eigenvalue weighted by atomic mass is 35.5. The number of carbonyl (C=O) groups excluding carboxylic acids is 1. The number of carbonyl (C=O) groups is 1. The predicted octanol–water partition coefficient (Wildman–Crippen LogP) is 2.88. The summed E-state index contributed by atoms with van der Waals surface area (Å²) in [5.74, 6) is 0.250. The lowest BCUT2D eigenvalue weighted by Crippen LogP contribution is -2.49. The van der Waals surface area contributed by atoms with Gasteiger partial charge in [-0.3, -0.25) is 4.90 Å². The zero-order valence-corrected chi connectivity index (χ0v) is 13.1. The minimum atomic E-state index is -0.254. The summed E-state index contributed by atoms with van der Waals surface area (Å²) in [6.45, 7) is 6.97. The van der Waals surface area contributed by atoms with Crippen LogP contribution in [0.4, 0.5) is 4.79 Å². The first-order chi connectivity index (χ1) is 10.0. The molecule has 0 saturated carbocycles. The number of rotatable bonds is 3. The number of aromatic hydroxyl groups is 1. The Hall–Kier alpha value is -1.46. The largest absolute Gasteiger partial charge is 0.508 e. The smallest absolute Gasteiger partial charge is 0.409 e. The Morgan fingerprint density at radius 2 is 2.05 bits per heavy atom. The molecule has 1 heterocycles. The number of piperazine rings is 1. The van der Waals surface area contributed by atoms with Crippen LogP contribution in [0.2, 0.25) is 5.02 Å². The number of amides is 1. The molecule has 0 aliphatic carbocycles. The van der Waals surface area contributed by atoms with E-state index in [0.29, 0.717) is 24.7 Å². The molecule has 5 nitrogen and oxygen atoms in total. The molecule has 1 amide bonds. The molecular formula is C15H21ClN2O3. The van der Waals surface area contributed by atoms with E-state index in [4.69, 9.17) is 16.3 Å². The first-order valence-corrected chi connectivity index (χ1v) is 7.55. The maximum Gasteiger partial charge on any atom is 0.409 e. The summed E-state index contributed by atoms with van der Waals surface area (Å²) in [6, 6.07) is 5.13. The average molecular weight is 313 g/mol. The van der Waals surface area contributed by atoms with E-state index in [0.717, 1.165) is 18.7 Å². The van der Waals surface area contributed by atoms with Gasteiger partial charge in [-0.2, -0.15) is 0 Å². The molecule has 1 aromatic carbocycles. The molecule has 1 unspecified atom stereocenters. The van der Waals surface area contributed by atoms with Crippen LogP contribution < -0.4 is 0 Å². The zero-order valence-electron chi connectivity index (χ0n) is 12.4. The van der Waals surface area contributed by atoms with Crippen molar-refractivity contribution >= 4 is 17.7 Å². The normalized spacial score (nSPS) is 17.6. The Morgan fingerprint density at radius 3 is 2.67 bits per heavy atom. The van der Waals surface area contributed by atoms with Crippen molar-refractivity contribution in [3.05, 3.63) is 28.8 Å². The van der Waals surface area contributed by atoms with Crippen molar-refractivity contribution in [3.63, 3.8) is 0 Å². The number of ether oxygens (including phenoxy) is 1. The first kappa shape index (κ1) is 15.9. The zero-order chi connectivity index (χ0) is 15.4. The maximum atomic E-state index is 11.7. The molecule has 2 rings (SSSR count). The number of nitrogens with zero attached hydrogens (tertiary/aromatic N) is 2. The molecule has 1 N–H and O–H groups in total. The van der Waals surface area contributed by atoms with Crippen molar-refractivity contribution in [2.75, 3.05) is 32.8 Å². The van der Waals surface area contributed by atoms with Crippen molar-refractivity contribution in [1.82, 2.24) is 9.80 Å². The summed E-state index contributed by atoms with van der Waals surface area (Å²) in [5, 5.41) is 10.6. The van der Waals surface area contributed by atoms with Crippen molar-refractivity contribution in [2.24, 2.45) is 0 Å². The van der Waals surface area contributed by atoms with E-state index in [2.05, 4.69) is 4.90 Å². The van der Waals surface area contributed by atoms with Gasteiger partial charge in [0.1, 0.15) is 5.75 Å². The molecule has 1 atom stereocenters. The first-order valence-electron chi connectivity index (χ1n) is 7.17. The third kappa shape index (κ3) is 3.80. The third-order valence-corrected chi connectivity index (χ3v) is 4.06. The van der Waals surface area contributed by atoms with Crippen LogP contribution in [0.25, 0.3) is 0 Å². The van der Waals surface area contributed by atoms with Gasteiger partial charge in [0.05, 0.1) is 6.61 Å². The molecule has 6 heteroatoms. The third-order valence-electron chi connectivity index (χ3n) is 3.83. The standard InChI is InChI=1S/C15H21ClN2O3/c1-3-21-15(20)18-8-6-17(7-9-18)11(2)13-10-12(16)4-5-14(13)19/h4-5,10-11,19H,3,6-9H2,1-2H3. The van der Waals surface area contributed by atoms with Crippen molar-refractivity contribution in [1.29, 1.82) is 0 Å². The lowest BCUT2D eigenvalue weighted by Gasteiger charge is -2.37. The van der Waals surface area contributed by atoms with Gasteiger partial charge in [0.2, 0.25) is 0 Å². The van der Waals surface area contributed by atoms with Gasteiger partial charge in [-0.05, 0) is 32.0 Å². The molecule has 0 bridgehead atoms. The highest BCUT2D eigenvalue weighted by molar-refractivity contribution is 6.30. The molecule has 116 valence electrons. The summed E-state index contributed by atoms with van der Waals surface area (Å²) < 4.78 is 5.01. The number of benzene rings is 1. The van der Waals surface area contributed by atoms with E-state index in [-0.39, 0.29) is 17.9 Å². The quantitative estimate of drug-likeness (QED) is 0.932. The molecular weight excluding hydrogens is 292 g/mol. The van der Waals surface area contributed by atoms with E-state index >= 15 is 0 Å². The van der Waals surface area contributed by atoms with Gasteiger partial charge in [-0.15, -0.1) is 0 Å². The van der Waals surface area contributed by atoms with Crippen LogP contribution >= 0.6 is 11.6 Å². The lowest BCUT2D eigenvalue weighted by molar-refractivity contribution is 0.0682. The Kier molecular flexibility index (Phi) is 5.31. The average Bonchev–Trinajstić information content (AvgIpc) is 2.49. The number of halogens is 1. The van der Waals surface area contributed by atoms with Gasteiger partial charge in [0.15, 0.2) is 0 Å². The predicted molar refractivity (Wildman–Crippen MR) is 81.7 cm³/mol. The second kappa shape index (κ2) is 7.00. The van der Waals surface area contributed by atoms with Crippen LogP contribution in [0, 0.1) is 0 Å². The van der Waals surface area contributed by atoms with Crippen LogP contribution in [0.1, 0.15) is 25.5 Å². The molecule has 1 aromatic rings. The molecule has 0 radical (unpaired) electrons. The molecule has 1 aliphatic rings. The highest BCUT2D eigenvalue weighted by Crippen LogP contribution is 2.31. The fourth-order valence-corrected chi connectivity index (χ4v) is 2.74. The van der Waals surface area contributed by atoms with E-state index in [9.17, 15) is 9.90 Å². The van der Waals surface area contributed by atoms with E-state index < -0.39 is 0 Å². The fraction of sp³-hybridized carbons (Fsp3) is 0.533. The topological polar surface area (TPSA) is 53.0 Å². The highest BCUT2D eigenvalue weighted by Gasteiger charge is 2.26. The van der Waals surface area contributed by atoms with E-state index in [1.54, 1.807) is 30.0 Å². The SMILES string of the molecule is CCOC(=O)N1CCN(C(C)c2cc(Cl)ccc2O)CC1. The fourth-order valence-electron chi connectivity index (χ4n) is 2.56. The number of hydrogen-bond acceptors (Lipinski definition) is 4. The lowest BCUT2D eigenvalue weighted by atomic mass is 10.0. The maximum absolute atomic E-state index is 11.7. The van der Waals surface area contributed by atoms with Crippen molar-refractivity contribution in [3.8, 4) is 5.75 Å². The van der Waals surface area contributed by atoms with Gasteiger partial charge in [-0.25, -0.2) is 4.79 Å². The Balaban J connectivity index is 1.98. The molecule has 0 aromatic heterocycles. The van der Waals surface area contributed by atoms with Crippen LogP contribution in [0.15, 0.2) is 18.2 Å². The summed E-state index contributed by atoms with van der Waals surface area (Å²) in [4.78, 5) is 15.6. The minimum absolute atomic E-state index is 0.0491. The summed E-state index contributed by atoms with van der Waals surface area (Å²) >= 11 is 6.00. The second-order valence-electron chi connectivity index (χ2n) is 5.10. The number of phenolic OH excluding ortho intramolecular Hbond substituents is 1. The van der Waals surface area contributed by atoms with Gasteiger partial charge in [0, 0.05) is 42.8 Å². The van der Waals surface area contributed by atoms with Crippen LogP contribution in [0.5, 0.6) is 5.75 Å². The van der Waals surface area contributed by atoms with Crippen molar-refractivity contribution < 1.29 is 14.6 Å². The number of hydrogen-bond donors (Lipinski definition) is 1. The molecule has 21 heavy (non-hydrogen) atoms. The second-order valence-corrected chi connectivity index (χ2v) is 5.54. The van der Waals surface area contributed by atoms with Gasteiger partial charge < -0.3 is 14.7 Å². The van der Waals surface area contributed by atoms with Gasteiger partial charge in [0.25, 0.3) is 0 Å². The van der Waals surface area contributed by atoms with Crippen molar-refractivity contribution in [2.45, 2.75) is 19.9 Å². The monoisotopic (exact) mass is 312 g/mol.